The van der Waals surface area contributed by atoms with E-state index in [-0.39, 0.29) is 5.41 Å². The van der Waals surface area contributed by atoms with Crippen LogP contribution in [0.3, 0.4) is 0 Å². The Morgan fingerprint density at radius 2 is 1.71 bits per heavy atom. The summed E-state index contributed by atoms with van der Waals surface area (Å²) < 4.78 is 11.3. The molecule has 0 amide bonds. The van der Waals surface area contributed by atoms with Crippen molar-refractivity contribution in [1.82, 2.24) is 0 Å². The summed E-state index contributed by atoms with van der Waals surface area (Å²) in [5.41, 5.74) is 8.71. The van der Waals surface area contributed by atoms with E-state index < -0.39 is 0 Å². The third-order valence-electron chi connectivity index (χ3n) is 4.89. The molecule has 0 spiro atoms. The number of benzene rings is 1. The molecule has 3 heteroatoms. The molecule has 118 valence electrons. The Labute approximate surface area is 128 Å². The zero-order valence-electron chi connectivity index (χ0n) is 13.7. The molecule has 2 rings (SSSR count). The average Bonchev–Trinajstić information content (AvgIpc) is 2.55. The third kappa shape index (κ3) is 3.18. The number of ether oxygens (including phenoxy) is 2. The van der Waals surface area contributed by atoms with Crippen LogP contribution in [-0.2, 0) is 11.8 Å². The second kappa shape index (κ2) is 7.17. The number of hydrogen-bond acceptors (Lipinski definition) is 3. The van der Waals surface area contributed by atoms with Gasteiger partial charge in [0.1, 0.15) is 11.5 Å². The second-order valence-corrected chi connectivity index (χ2v) is 6.16. The molecule has 1 aliphatic carbocycles. The van der Waals surface area contributed by atoms with E-state index in [1.165, 1.54) is 30.4 Å². The van der Waals surface area contributed by atoms with Gasteiger partial charge in [-0.25, -0.2) is 0 Å². The first-order valence-electron chi connectivity index (χ1n) is 8.16. The zero-order valence-corrected chi connectivity index (χ0v) is 13.7. The van der Waals surface area contributed by atoms with Crippen LogP contribution < -0.4 is 15.2 Å². The van der Waals surface area contributed by atoms with Gasteiger partial charge in [-0.05, 0) is 37.0 Å². The van der Waals surface area contributed by atoms with Crippen LogP contribution in [0.4, 0.5) is 0 Å². The maximum atomic E-state index is 6.19. The molecule has 1 aromatic rings. The van der Waals surface area contributed by atoms with Crippen molar-refractivity contribution >= 4 is 0 Å². The lowest BCUT2D eigenvalue weighted by atomic mass is 9.69. The fourth-order valence-electron chi connectivity index (χ4n) is 3.65. The van der Waals surface area contributed by atoms with Crippen molar-refractivity contribution in [3.8, 4) is 11.5 Å². The minimum atomic E-state index is 0.0572. The van der Waals surface area contributed by atoms with Crippen LogP contribution in [0.1, 0.15) is 56.6 Å². The van der Waals surface area contributed by atoms with Crippen molar-refractivity contribution in [1.29, 1.82) is 0 Å². The highest BCUT2D eigenvalue weighted by Crippen LogP contribution is 2.45. The molecule has 0 unspecified atom stereocenters. The lowest BCUT2D eigenvalue weighted by Crippen LogP contribution is -2.37. The van der Waals surface area contributed by atoms with Crippen molar-refractivity contribution in [3.63, 3.8) is 0 Å². The highest BCUT2D eigenvalue weighted by molar-refractivity contribution is 5.50. The number of nitrogens with two attached hydrogens (primary N) is 1. The molecular weight excluding hydrogens is 262 g/mol. The van der Waals surface area contributed by atoms with E-state index in [0.29, 0.717) is 6.54 Å². The zero-order chi connectivity index (χ0) is 15.3. The smallest absolute Gasteiger partial charge is 0.123 e. The summed E-state index contributed by atoms with van der Waals surface area (Å²) in [6.07, 6.45) is 8.22. The van der Waals surface area contributed by atoms with Gasteiger partial charge in [-0.3, -0.25) is 0 Å². The first-order chi connectivity index (χ1) is 10.2. The van der Waals surface area contributed by atoms with Gasteiger partial charge in [0.15, 0.2) is 0 Å². The van der Waals surface area contributed by atoms with Crippen molar-refractivity contribution in [2.45, 2.75) is 57.3 Å². The van der Waals surface area contributed by atoms with Gasteiger partial charge in [-0.1, -0.05) is 32.6 Å². The van der Waals surface area contributed by atoms with Crippen LogP contribution in [0.25, 0.3) is 0 Å². The quantitative estimate of drug-likeness (QED) is 0.866. The minimum Gasteiger partial charge on any atom is -0.496 e. The minimum absolute atomic E-state index is 0.0572. The number of rotatable bonds is 6. The fourth-order valence-corrected chi connectivity index (χ4v) is 3.65. The van der Waals surface area contributed by atoms with Crippen LogP contribution in [0.2, 0.25) is 0 Å². The number of hydrogen-bond donors (Lipinski definition) is 1. The maximum absolute atomic E-state index is 6.19. The molecule has 0 radical (unpaired) electrons. The Hall–Kier alpha value is -1.22. The van der Waals surface area contributed by atoms with Gasteiger partial charge in [0.05, 0.1) is 14.2 Å². The summed E-state index contributed by atoms with van der Waals surface area (Å²) in [4.78, 5) is 0. The Morgan fingerprint density at radius 1 is 1.05 bits per heavy atom. The van der Waals surface area contributed by atoms with E-state index in [9.17, 15) is 0 Å². The van der Waals surface area contributed by atoms with Gasteiger partial charge in [0.25, 0.3) is 0 Å². The summed E-state index contributed by atoms with van der Waals surface area (Å²) in [5, 5.41) is 0. The van der Waals surface area contributed by atoms with E-state index in [2.05, 4.69) is 19.1 Å². The van der Waals surface area contributed by atoms with Crippen molar-refractivity contribution in [3.05, 3.63) is 23.3 Å². The van der Waals surface area contributed by atoms with E-state index in [4.69, 9.17) is 15.2 Å². The van der Waals surface area contributed by atoms with E-state index in [1.807, 2.05) is 0 Å². The topological polar surface area (TPSA) is 44.5 Å². The summed E-state index contributed by atoms with van der Waals surface area (Å²) in [5.74, 6) is 1.96. The monoisotopic (exact) mass is 291 g/mol. The molecule has 21 heavy (non-hydrogen) atoms. The molecule has 1 fully saturated rings. The van der Waals surface area contributed by atoms with Gasteiger partial charge in [-0.2, -0.15) is 0 Å². The molecule has 0 aliphatic heterocycles. The second-order valence-electron chi connectivity index (χ2n) is 6.16. The van der Waals surface area contributed by atoms with E-state index in [1.54, 1.807) is 14.2 Å². The van der Waals surface area contributed by atoms with Crippen molar-refractivity contribution in [2.24, 2.45) is 5.73 Å². The molecular formula is C18H29NO2. The SMILES string of the molecule is CCCc1cc(OC)c(C2(CN)CCCCC2)cc1OC. The van der Waals surface area contributed by atoms with Crippen LogP contribution in [-0.4, -0.2) is 20.8 Å². The summed E-state index contributed by atoms with van der Waals surface area (Å²) in [6, 6.07) is 4.34. The highest BCUT2D eigenvalue weighted by atomic mass is 16.5. The van der Waals surface area contributed by atoms with Gasteiger partial charge in [-0.15, -0.1) is 0 Å². The van der Waals surface area contributed by atoms with Crippen molar-refractivity contribution in [2.75, 3.05) is 20.8 Å². The molecule has 2 N–H and O–H groups in total. The average molecular weight is 291 g/mol. The summed E-state index contributed by atoms with van der Waals surface area (Å²) in [6.45, 7) is 2.86. The molecule has 0 bridgehead atoms. The Morgan fingerprint density at radius 3 is 2.24 bits per heavy atom. The largest absolute Gasteiger partial charge is 0.496 e. The standard InChI is InChI=1S/C18H29NO2/c1-4-8-14-11-17(21-3)15(12-16(14)20-2)18(13-19)9-6-5-7-10-18/h11-12H,4-10,13,19H2,1-3H3. The van der Waals surface area contributed by atoms with Crippen LogP contribution >= 0.6 is 0 Å². The van der Waals surface area contributed by atoms with Gasteiger partial charge in [0.2, 0.25) is 0 Å². The number of aryl methyl sites for hydroxylation is 1. The molecule has 0 heterocycles. The van der Waals surface area contributed by atoms with E-state index >= 15 is 0 Å². The van der Waals surface area contributed by atoms with Gasteiger partial charge >= 0.3 is 0 Å². The molecule has 1 aliphatic rings. The fraction of sp³-hybridized carbons (Fsp3) is 0.667. The lowest BCUT2D eigenvalue weighted by molar-refractivity contribution is 0.286. The predicted molar refractivity (Wildman–Crippen MR) is 87.4 cm³/mol. The molecule has 0 saturated heterocycles. The van der Waals surface area contributed by atoms with Crippen LogP contribution in [0, 0.1) is 0 Å². The first-order valence-corrected chi connectivity index (χ1v) is 8.16. The predicted octanol–water partition coefficient (Wildman–Crippen LogP) is 3.82. The Balaban J connectivity index is 2.50. The third-order valence-corrected chi connectivity index (χ3v) is 4.89. The van der Waals surface area contributed by atoms with Gasteiger partial charge in [0, 0.05) is 17.5 Å². The Bertz CT molecular complexity index is 465. The molecule has 3 nitrogen and oxygen atoms in total. The number of methoxy groups -OCH3 is 2. The highest BCUT2D eigenvalue weighted by Gasteiger charge is 2.35. The molecule has 1 aromatic carbocycles. The van der Waals surface area contributed by atoms with Crippen LogP contribution in [0.5, 0.6) is 11.5 Å². The molecule has 1 saturated carbocycles. The molecule has 0 atom stereocenters. The molecule has 0 aromatic heterocycles. The van der Waals surface area contributed by atoms with Crippen LogP contribution in [0.15, 0.2) is 12.1 Å². The van der Waals surface area contributed by atoms with Crippen molar-refractivity contribution < 1.29 is 9.47 Å². The summed E-state index contributed by atoms with van der Waals surface area (Å²) in [7, 11) is 3.51. The maximum Gasteiger partial charge on any atom is 0.123 e. The normalized spacial score (nSPS) is 17.5. The lowest BCUT2D eigenvalue weighted by Gasteiger charge is -2.38. The summed E-state index contributed by atoms with van der Waals surface area (Å²) >= 11 is 0. The Kier molecular flexibility index (Phi) is 5.51. The van der Waals surface area contributed by atoms with E-state index in [0.717, 1.165) is 37.2 Å². The van der Waals surface area contributed by atoms with Gasteiger partial charge < -0.3 is 15.2 Å². The first kappa shape index (κ1) is 16.2.